The van der Waals surface area contributed by atoms with Crippen LogP contribution in [0.15, 0.2) is 56.8 Å². The lowest BCUT2D eigenvalue weighted by atomic mass is 9.89. The molecule has 0 bridgehead atoms. The summed E-state index contributed by atoms with van der Waals surface area (Å²) in [4.78, 5) is 16.2. The van der Waals surface area contributed by atoms with Crippen LogP contribution in [-0.2, 0) is 11.2 Å². The van der Waals surface area contributed by atoms with Crippen molar-refractivity contribution < 1.29 is 9.90 Å². The highest BCUT2D eigenvalue weighted by molar-refractivity contribution is 6.23. The van der Waals surface area contributed by atoms with Crippen molar-refractivity contribution >= 4 is 11.7 Å². The Morgan fingerprint density at radius 1 is 1.26 bits per heavy atom. The minimum atomic E-state index is -0.596. The monoisotopic (exact) mass is 312 g/mol. The van der Waals surface area contributed by atoms with Crippen molar-refractivity contribution in [3.05, 3.63) is 47.2 Å². The third-order valence-electron chi connectivity index (χ3n) is 4.18. The summed E-state index contributed by atoms with van der Waals surface area (Å²) in [6.07, 6.45) is 1.98. The van der Waals surface area contributed by atoms with Gasteiger partial charge in [-0.3, -0.25) is 4.79 Å². The van der Waals surface area contributed by atoms with Gasteiger partial charge in [-0.15, -0.1) is 5.11 Å². The van der Waals surface area contributed by atoms with Crippen molar-refractivity contribution in [3.63, 3.8) is 0 Å². The molecule has 3 rings (SSSR count). The largest absolute Gasteiger partial charge is 0.393 e. The Labute approximate surface area is 135 Å². The molecule has 2 N–H and O–H groups in total. The van der Waals surface area contributed by atoms with Crippen molar-refractivity contribution in [1.82, 2.24) is 5.32 Å². The maximum atomic E-state index is 12.1. The molecular formula is C17H20N4O2. The van der Waals surface area contributed by atoms with Gasteiger partial charge in [0.25, 0.3) is 5.91 Å². The van der Waals surface area contributed by atoms with Crippen LogP contribution in [0.2, 0.25) is 0 Å². The van der Waals surface area contributed by atoms with Crippen molar-refractivity contribution in [2.75, 3.05) is 6.67 Å². The van der Waals surface area contributed by atoms with Gasteiger partial charge in [0.05, 0.1) is 11.8 Å². The topological polar surface area (TPSA) is 86.4 Å². The molecule has 1 aromatic carbocycles. The maximum Gasteiger partial charge on any atom is 0.258 e. The molecule has 2 heterocycles. The van der Waals surface area contributed by atoms with E-state index in [0.29, 0.717) is 17.1 Å². The van der Waals surface area contributed by atoms with Gasteiger partial charge in [0.15, 0.2) is 5.84 Å². The smallest absolute Gasteiger partial charge is 0.258 e. The molecule has 0 fully saturated rings. The number of rotatable bonds is 6. The van der Waals surface area contributed by atoms with Crippen LogP contribution in [0.5, 0.6) is 0 Å². The molecule has 0 saturated heterocycles. The van der Waals surface area contributed by atoms with Gasteiger partial charge in [0.1, 0.15) is 12.2 Å². The molecule has 2 unspecified atom stereocenters. The molecule has 6 heteroatoms. The lowest BCUT2D eigenvalue weighted by Crippen LogP contribution is -2.34. The predicted octanol–water partition coefficient (Wildman–Crippen LogP) is 2.21. The minimum absolute atomic E-state index is 0.205. The van der Waals surface area contributed by atoms with E-state index in [0.717, 1.165) is 19.3 Å². The van der Waals surface area contributed by atoms with Crippen LogP contribution in [0, 0.1) is 5.92 Å². The number of fused-ring (bicyclic) bond motifs is 1. The van der Waals surface area contributed by atoms with E-state index < -0.39 is 6.10 Å². The molecule has 1 aromatic rings. The highest BCUT2D eigenvalue weighted by Gasteiger charge is 2.34. The molecule has 1 amide bonds. The number of amidine groups is 1. The molecule has 0 saturated carbocycles. The lowest BCUT2D eigenvalue weighted by molar-refractivity contribution is -0.117. The van der Waals surface area contributed by atoms with Gasteiger partial charge >= 0.3 is 0 Å². The first-order valence-electron chi connectivity index (χ1n) is 7.87. The fraction of sp³-hybridized carbons (Fsp3) is 0.412. The van der Waals surface area contributed by atoms with Crippen LogP contribution in [0.1, 0.15) is 25.3 Å². The van der Waals surface area contributed by atoms with Gasteiger partial charge in [-0.25, -0.2) is 4.99 Å². The molecule has 2 aliphatic rings. The van der Waals surface area contributed by atoms with Crippen molar-refractivity contribution in [2.45, 2.75) is 32.3 Å². The van der Waals surface area contributed by atoms with E-state index in [1.165, 1.54) is 5.56 Å². The molecule has 0 radical (unpaired) electrons. The summed E-state index contributed by atoms with van der Waals surface area (Å²) < 4.78 is 0. The summed E-state index contributed by atoms with van der Waals surface area (Å²) in [6.45, 7) is 1.96. The van der Waals surface area contributed by atoms with Gasteiger partial charge < -0.3 is 10.4 Å². The minimum Gasteiger partial charge on any atom is -0.393 e. The van der Waals surface area contributed by atoms with Crippen LogP contribution in [0.4, 0.5) is 0 Å². The first-order valence-corrected chi connectivity index (χ1v) is 7.87. The number of aliphatic hydroxyl groups is 1. The number of azo groups is 1. The Morgan fingerprint density at radius 2 is 2.04 bits per heavy atom. The van der Waals surface area contributed by atoms with E-state index in [4.69, 9.17) is 0 Å². The zero-order chi connectivity index (χ0) is 16.2. The molecular weight excluding hydrogens is 292 g/mol. The number of benzene rings is 1. The third-order valence-corrected chi connectivity index (χ3v) is 4.18. The van der Waals surface area contributed by atoms with E-state index in [-0.39, 0.29) is 18.5 Å². The Morgan fingerprint density at radius 3 is 2.78 bits per heavy atom. The average molecular weight is 312 g/mol. The molecule has 23 heavy (non-hydrogen) atoms. The number of hydrogen-bond acceptors (Lipinski definition) is 5. The number of amides is 1. The summed E-state index contributed by atoms with van der Waals surface area (Å²) in [5.74, 6) is -0.0322. The highest BCUT2D eigenvalue weighted by Crippen LogP contribution is 2.31. The highest BCUT2D eigenvalue weighted by atomic mass is 16.3. The van der Waals surface area contributed by atoms with Crippen LogP contribution >= 0.6 is 0 Å². The predicted molar refractivity (Wildman–Crippen MR) is 86.9 cm³/mol. The summed E-state index contributed by atoms with van der Waals surface area (Å²) in [5, 5.41) is 20.9. The second-order valence-corrected chi connectivity index (χ2v) is 5.83. The quantitative estimate of drug-likeness (QED) is 0.843. The number of carbonyl (C=O) groups is 1. The number of nitrogens with one attached hydrogen (secondary N) is 1. The van der Waals surface area contributed by atoms with Crippen LogP contribution in [-0.4, -0.2) is 29.6 Å². The van der Waals surface area contributed by atoms with Gasteiger partial charge in [0.2, 0.25) is 0 Å². The first-order chi connectivity index (χ1) is 11.2. The van der Waals surface area contributed by atoms with Gasteiger partial charge in [-0.05, 0) is 31.7 Å². The van der Waals surface area contributed by atoms with Crippen molar-refractivity contribution in [3.8, 4) is 0 Å². The SMILES string of the molecule is CC(O)C(CCCc1ccccc1)C1=C2C(=O)NCN=C2N=N1. The molecule has 2 aliphatic heterocycles. The summed E-state index contributed by atoms with van der Waals surface area (Å²) >= 11 is 0. The molecule has 0 aromatic heterocycles. The summed E-state index contributed by atoms with van der Waals surface area (Å²) in [7, 11) is 0. The molecule has 120 valence electrons. The zero-order valence-electron chi connectivity index (χ0n) is 13.1. The van der Waals surface area contributed by atoms with E-state index in [9.17, 15) is 9.90 Å². The number of nitrogens with zero attached hydrogens (tertiary/aromatic N) is 3. The maximum absolute atomic E-state index is 12.1. The molecule has 0 aliphatic carbocycles. The Hall–Kier alpha value is -2.34. The number of hydrogen-bond donors (Lipinski definition) is 2. The first kappa shape index (κ1) is 15.6. The standard InChI is InChI=1S/C17H20N4O2/c1-11(22)13(9-5-8-12-6-3-2-4-7-12)15-14-16(21-20-15)18-10-19-17(14)23/h2-4,6-7,11,13,22H,5,8-10H2,1H3,(H,19,23). The van der Waals surface area contributed by atoms with E-state index >= 15 is 0 Å². The summed E-state index contributed by atoms with van der Waals surface area (Å²) in [6, 6.07) is 10.2. The van der Waals surface area contributed by atoms with Crippen LogP contribution in [0.3, 0.4) is 0 Å². The van der Waals surface area contributed by atoms with Crippen LogP contribution in [0.25, 0.3) is 0 Å². The van der Waals surface area contributed by atoms with E-state index in [1.807, 2.05) is 18.2 Å². The van der Waals surface area contributed by atoms with E-state index in [2.05, 4.69) is 32.7 Å². The number of aliphatic imine (C=N–C) groups is 1. The van der Waals surface area contributed by atoms with E-state index in [1.54, 1.807) is 6.92 Å². The fourth-order valence-corrected chi connectivity index (χ4v) is 2.96. The Balaban J connectivity index is 1.73. The summed E-state index contributed by atoms with van der Waals surface area (Å²) in [5.41, 5.74) is 2.24. The number of aryl methyl sites for hydroxylation is 1. The van der Waals surface area contributed by atoms with Gasteiger partial charge in [0, 0.05) is 5.92 Å². The van der Waals surface area contributed by atoms with Gasteiger partial charge in [-0.1, -0.05) is 30.3 Å². The van der Waals surface area contributed by atoms with Crippen LogP contribution < -0.4 is 5.32 Å². The molecule has 6 nitrogen and oxygen atoms in total. The number of aliphatic hydroxyl groups excluding tert-OH is 1. The van der Waals surface area contributed by atoms with Gasteiger partial charge in [-0.2, -0.15) is 5.11 Å². The van der Waals surface area contributed by atoms with Crippen molar-refractivity contribution in [2.24, 2.45) is 21.1 Å². The Kier molecular flexibility index (Phi) is 4.62. The normalized spacial score (nSPS) is 19.2. The van der Waals surface area contributed by atoms with Crippen molar-refractivity contribution in [1.29, 1.82) is 0 Å². The Bertz CT molecular complexity index is 677. The number of carbonyl (C=O) groups excluding carboxylic acids is 1. The second-order valence-electron chi connectivity index (χ2n) is 5.83. The second kappa shape index (κ2) is 6.83. The third kappa shape index (κ3) is 3.37. The zero-order valence-corrected chi connectivity index (χ0v) is 13.1. The average Bonchev–Trinajstić information content (AvgIpc) is 2.97. The molecule has 0 spiro atoms. The molecule has 2 atom stereocenters. The fourth-order valence-electron chi connectivity index (χ4n) is 2.96. The lowest BCUT2D eigenvalue weighted by Gasteiger charge is -2.20.